The summed E-state index contributed by atoms with van der Waals surface area (Å²) in [5.74, 6) is 0.677. The second kappa shape index (κ2) is 4.64. The molecule has 2 N–H and O–H groups in total. The minimum atomic E-state index is 0.347. The van der Waals surface area contributed by atoms with Gasteiger partial charge >= 0.3 is 0 Å². The molecular weight excluding hydrogens is 204 g/mol. The van der Waals surface area contributed by atoms with Crippen molar-refractivity contribution >= 4 is 11.3 Å². The van der Waals surface area contributed by atoms with E-state index in [4.69, 9.17) is 5.73 Å². The first-order valence-corrected chi connectivity index (χ1v) is 6.64. The molecule has 84 valence electrons. The van der Waals surface area contributed by atoms with Crippen LogP contribution in [0.5, 0.6) is 0 Å². The van der Waals surface area contributed by atoms with Gasteiger partial charge in [0.25, 0.3) is 0 Å². The average Bonchev–Trinajstić information content (AvgIpc) is 2.74. The molecule has 0 radical (unpaired) electrons. The average molecular weight is 224 g/mol. The standard InChI is InChI=1S/C12H20N2S/c1-9-3-5-14(7-12(9)13)10(2)11-4-6-15-8-11/h4,6,8-10,12H,3,5,7,13H2,1-2H3. The second-order valence-electron chi connectivity index (χ2n) is 4.66. The third-order valence-electron chi connectivity index (χ3n) is 3.62. The molecule has 1 aliphatic heterocycles. The summed E-state index contributed by atoms with van der Waals surface area (Å²) >= 11 is 1.78. The number of hydrogen-bond donors (Lipinski definition) is 1. The van der Waals surface area contributed by atoms with E-state index in [1.807, 2.05) is 0 Å². The van der Waals surface area contributed by atoms with Crippen LogP contribution in [-0.4, -0.2) is 24.0 Å². The zero-order chi connectivity index (χ0) is 10.8. The zero-order valence-electron chi connectivity index (χ0n) is 9.52. The van der Waals surface area contributed by atoms with E-state index in [2.05, 4.69) is 35.6 Å². The third kappa shape index (κ3) is 2.41. The van der Waals surface area contributed by atoms with Gasteiger partial charge in [0.05, 0.1) is 0 Å². The van der Waals surface area contributed by atoms with Crippen molar-refractivity contribution in [1.82, 2.24) is 4.90 Å². The molecule has 0 saturated carbocycles. The van der Waals surface area contributed by atoms with Crippen LogP contribution >= 0.6 is 11.3 Å². The molecule has 2 rings (SSSR count). The van der Waals surface area contributed by atoms with E-state index >= 15 is 0 Å². The van der Waals surface area contributed by atoms with Crippen LogP contribution in [0.4, 0.5) is 0 Å². The molecule has 0 amide bonds. The van der Waals surface area contributed by atoms with E-state index in [-0.39, 0.29) is 0 Å². The fourth-order valence-corrected chi connectivity index (χ4v) is 2.95. The predicted molar refractivity (Wildman–Crippen MR) is 66.1 cm³/mol. The fourth-order valence-electron chi connectivity index (χ4n) is 2.20. The highest BCUT2D eigenvalue weighted by Gasteiger charge is 2.26. The van der Waals surface area contributed by atoms with Gasteiger partial charge < -0.3 is 5.73 Å². The van der Waals surface area contributed by atoms with Gasteiger partial charge in [0.15, 0.2) is 0 Å². The number of piperidine rings is 1. The maximum absolute atomic E-state index is 6.12. The summed E-state index contributed by atoms with van der Waals surface area (Å²) in [7, 11) is 0. The van der Waals surface area contributed by atoms with Gasteiger partial charge in [-0.15, -0.1) is 0 Å². The molecule has 0 bridgehead atoms. The van der Waals surface area contributed by atoms with Gasteiger partial charge in [-0.1, -0.05) is 6.92 Å². The van der Waals surface area contributed by atoms with Crippen molar-refractivity contribution in [3.05, 3.63) is 22.4 Å². The largest absolute Gasteiger partial charge is 0.326 e. The molecule has 1 aliphatic rings. The first-order valence-electron chi connectivity index (χ1n) is 5.70. The van der Waals surface area contributed by atoms with Gasteiger partial charge in [-0.3, -0.25) is 4.90 Å². The maximum atomic E-state index is 6.12. The number of hydrogen-bond acceptors (Lipinski definition) is 3. The summed E-state index contributed by atoms with van der Waals surface area (Å²) in [5, 5.41) is 4.40. The van der Waals surface area contributed by atoms with Crippen molar-refractivity contribution in [2.45, 2.75) is 32.4 Å². The highest BCUT2D eigenvalue weighted by molar-refractivity contribution is 7.07. The summed E-state index contributed by atoms with van der Waals surface area (Å²) in [6, 6.07) is 3.09. The summed E-state index contributed by atoms with van der Waals surface area (Å²) < 4.78 is 0. The second-order valence-corrected chi connectivity index (χ2v) is 5.44. The van der Waals surface area contributed by atoms with Crippen LogP contribution in [0.3, 0.4) is 0 Å². The molecule has 1 aromatic rings. The van der Waals surface area contributed by atoms with E-state index < -0.39 is 0 Å². The molecule has 1 saturated heterocycles. The first kappa shape index (κ1) is 11.1. The smallest absolute Gasteiger partial charge is 0.0328 e. The minimum Gasteiger partial charge on any atom is -0.326 e. The van der Waals surface area contributed by atoms with E-state index in [9.17, 15) is 0 Å². The molecule has 3 heteroatoms. The Morgan fingerprint density at radius 1 is 1.60 bits per heavy atom. The number of nitrogens with two attached hydrogens (primary N) is 1. The number of nitrogens with zero attached hydrogens (tertiary/aromatic N) is 1. The molecule has 1 fully saturated rings. The van der Waals surface area contributed by atoms with Gasteiger partial charge in [0, 0.05) is 18.6 Å². The molecule has 0 aliphatic carbocycles. The Morgan fingerprint density at radius 2 is 2.40 bits per heavy atom. The lowest BCUT2D eigenvalue weighted by Crippen LogP contribution is -2.48. The van der Waals surface area contributed by atoms with Gasteiger partial charge in [-0.2, -0.15) is 11.3 Å². The molecule has 2 heterocycles. The Kier molecular flexibility index (Phi) is 3.44. The van der Waals surface area contributed by atoms with E-state index in [0.717, 1.165) is 6.54 Å². The van der Waals surface area contributed by atoms with E-state index in [1.165, 1.54) is 18.5 Å². The Bertz CT molecular complexity index is 297. The number of thiophene rings is 1. The molecule has 15 heavy (non-hydrogen) atoms. The monoisotopic (exact) mass is 224 g/mol. The third-order valence-corrected chi connectivity index (χ3v) is 4.32. The van der Waals surface area contributed by atoms with Crippen molar-refractivity contribution in [2.24, 2.45) is 11.7 Å². The summed E-state index contributed by atoms with van der Waals surface area (Å²) in [5.41, 5.74) is 7.55. The molecule has 3 atom stereocenters. The molecule has 0 aromatic carbocycles. The van der Waals surface area contributed by atoms with E-state index in [0.29, 0.717) is 18.0 Å². The van der Waals surface area contributed by atoms with Crippen LogP contribution in [0, 0.1) is 5.92 Å². The van der Waals surface area contributed by atoms with Crippen LogP contribution in [0.25, 0.3) is 0 Å². The highest BCUT2D eigenvalue weighted by Crippen LogP contribution is 2.26. The predicted octanol–water partition coefficient (Wildman–Crippen LogP) is 2.48. The van der Waals surface area contributed by atoms with Crippen LogP contribution in [0.2, 0.25) is 0 Å². The maximum Gasteiger partial charge on any atom is 0.0328 e. The number of rotatable bonds is 2. The van der Waals surface area contributed by atoms with Crippen LogP contribution in [0.15, 0.2) is 16.8 Å². The SMILES string of the molecule is CC1CCN(C(C)c2ccsc2)CC1N. The molecule has 2 nitrogen and oxygen atoms in total. The highest BCUT2D eigenvalue weighted by atomic mass is 32.1. The van der Waals surface area contributed by atoms with Crippen molar-refractivity contribution in [3.63, 3.8) is 0 Å². The number of likely N-dealkylation sites (tertiary alicyclic amines) is 1. The summed E-state index contributed by atoms with van der Waals surface area (Å²) in [4.78, 5) is 2.51. The lowest BCUT2D eigenvalue weighted by molar-refractivity contribution is 0.129. The zero-order valence-corrected chi connectivity index (χ0v) is 10.3. The van der Waals surface area contributed by atoms with Gasteiger partial charge in [-0.05, 0) is 48.2 Å². The van der Waals surface area contributed by atoms with Crippen LogP contribution in [-0.2, 0) is 0 Å². The normalized spacial score (nSPS) is 30.3. The lowest BCUT2D eigenvalue weighted by Gasteiger charge is -2.38. The topological polar surface area (TPSA) is 29.3 Å². The van der Waals surface area contributed by atoms with Crippen molar-refractivity contribution < 1.29 is 0 Å². The Labute approximate surface area is 96.1 Å². The minimum absolute atomic E-state index is 0.347. The summed E-state index contributed by atoms with van der Waals surface area (Å²) in [6.07, 6.45) is 1.23. The first-order chi connectivity index (χ1) is 7.18. The van der Waals surface area contributed by atoms with Gasteiger partial charge in [0.1, 0.15) is 0 Å². The van der Waals surface area contributed by atoms with E-state index in [1.54, 1.807) is 11.3 Å². The Hall–Kier alpha value is -0.380. The molecular formula is C12H20N2S. The van der Waals surface area contributed by atoms with Crippen molar-refractivity contribution in [1.29, 1.82) is 0 Å². The lowest BCUT2D eigenvalue weighted by atomic mass is 9.93. The summed E-state index contributed by atoms with van der Waals surface area (Å²) in [6.45, 7) is 6.77. The van der Waals surface area contributed by atoms with Crippen molar-refractivity contribution in [2.75, 3.05) is 13.1 Å². The van der Waals surface area contributed by atoms with Crippen LogP contribution < -0.4 is 5.73 Å². The fraction of sp³-hybridized carbons (Fsp3) is 0.667. The Morgan fingerprint density at radius 3 is 3.00 bits per heavy atom. The molecule has 3 unspecified atom stereocenters. The Balaban J connectivity index is 2.00. The van der Waals surface area contributed by atoms with Crippen molar-refractivity contribution in [3.8, 4) is 0 Å². The van der Waals surface area contributed by atoms with Gasteiger partial charge in [-0.25, -0.2) is 0 Å². The molecule has 0 spiro atoms. The van der Waals surface area contributed by atoms with Crippen LogP contribution in [0.1, 0.15) is 31.9 Å². The molecule has 1 aromatic heterocycles. The van der Waals surface area contributed by atoms with Gasteiger partial charge in [0.2, 0.25) is 0 Å². The quantitative estimate of drug-likeness (QED) is 0.836.